The lowest BCUT2D eigenvalue weighted by Crippen LogP contribution is -1.96. The van der Waals surface area contributed by atoms with Crippen LogP contribution in [-0.2, 0) is 0 Å². The van der Waals surface area contributed by atoms with Gasteiger partial charge in [0.05, 0.1) is 10.2 Å². The third kappa shape index (κ3) is 2.14. The Morgan fingerprint density at radius 1 is 1.22 bits per heavy atom. The molecule has 0 bridgehead atoms. The zero-order valence-electron chi connectivity index (χ0n) is 9.51. The van der Waals surface area contributed by atoms with E-state index in [9.17, 15) is 0 Å². The van der Waals surface area contributed by atoms with Crippen LogP contribution in [0.2, 0.25) is 5.15 Å². The van der Waals surface area contributed by atoms with E-state index in [2.05, 4.69) is 20.5 Å². The Balaban J connectivity index is 1.93. The van der Waals surface area contributed by atoms with Crippen LogP contribution < -0.4 is 5.32 Å². The summed E-state index contributed by atoms with van der Waals surface area (Å²) in [5.41, 5.74) is 1.86. The van der Waals surface area contributed by atoms with Gasteiger partial charge in [0.2, 0.25) is 0 Å². The molecular formula is C12H9ClN4S. The first-order valence-electron chi connectivity index (χ1n) is 5.35. The van der Waals surface area contributed by atoms with E-state index >= 15 is 0 Å². The number of hydrogen-bond acceptors (Lipinski definition) is 5. The fourth-order valence-corrected chi connectivity index (χ4v) is 2.53. The van der Waals surface area contributed by atoms with E-state index in [4.69, 9.17) is 11.6 Å². The van der Waals surface area contributed by atoms with Crippen LogP contribution in [0.15, 0.2) is 30.3 Å². The Kier molecular flexibility index (Phi) is 2.85. The number of anilines is 2. The lowest BCUT2D eigenvalue weighted by molar-refractivity contribution is 1.02. The van der Waals surface area contributed by atoms with Crippen LogP contribution in [0.25, 0.3) is 10.2 Å². The van der Waals surface area contributed by atoms with Crippen molar-refractivity contribution >= 4 is 44.1 Å². The maximum atomic E-state index is 5.83. The number of aromatic nitrogens is 3. The molecule has 3 aromatic rings. The molecule has 2 aromatic heterocycles. The van der Waals surface area contributed by atoms with Gasteiger partial charge in [-0.25, -0.2) is 4.98 Å². The molecule has 0 aliphatic heterocycles. The number of benzene rings is 1. The molecule has 2 heterocycles. The number of halogens is 1. The predicted octanol–water partition coefficient (Wildman–Crippen LogP) is 3.79. The third-order valence-corrected chi connectivity index (χ3v) is 3.78. The number of rotatable bonds is 2. The topological polar surface area (TPSA) is 50.7 Å². The highest BCUT2D eigenvalue weighted by atomic mass is 35.5. The second kappa shape index (κ2) is 4.51. The SMILES string of the molecule is Cc1cc(Nc2nc3ccccc3s2)nnc1Cl. The molecule has 1 N–H and O–H groups in total. The van der Waals surface area contributed by atoms with Gasteiger partial charge in [-0.15, -0.1) is 10.2 Å². The minimum Gasteiger partial charge on any atom is -0.315 e. The van der Waals surface area contributed by atoms with Crippen LogP contribution in [0.5, 0.6) is 0 Å². The summed E-state index contributed by atoms with van der Waals surface area (Å²) < 4.78 is 1.14. The molecule has 0 unspecified atom stereocenters. The summed E-state index contributed by atoms with van der Waals surface area (Å²) in [4.78, 5) is 4.47. The van der Waals surface area contributed by atoms with E-state index < -0.39 is 0 Å². The molecule has 0 aliphatic carbocycles. The molecule has 90 valence electrons. The third-order valence-electron chi connectivity index (χ3n) is 2.45. The zero-order chi connectivity index (χ0) is 12.5. The molecule has 18 heavy (non-hydrogen) atoms. The second-order valence-electron chi connectivity index (χ2n) is 3.82. The number of nitrogens with one attached hydrogen (secondary N) is 1. The van der Waals surface area contributed by atoms with Gasteiger partial charge < -0.3 is 5.32 Å². The van der Waals surface area contributed by atoms with Crippen LogP contribution in [0, 0.1) is 6.92 Å². The molecular weight excluding hydrogens is 268 g/mol. The maximum Gasteiger partial charge on any atom is 0.189 e. The second-order valence-corrected chi connectivity index (χ2v) is 5.20. The van der Waals surface area contributed by atoms with Crippen LogP contribution in [0.1, 0.15) is 5.56 Å². The van der Waals surface area contributed by atoms with Gasteiger partial charge in [-0.2, -0.15) is 0 Å². The van der Waals surface area contributed by atoms with Crippen LogP contribution in [0.3, 0.4) is 0 Å². The average molecular weight is 277 g/mol. The number of nitrogens with zero attached hydrogens (tertiary/aromatic N) is 3. The fraction of sp³-hybridized carbons (Fsp3) is 0.0833. The molecule has 0 amide bonds. The van der Waals surface area contributed by atoms with Gasteiger partial charge >= 0.3 is 0 Å². The molecule has 0 radical (unpaired) electrons. The van der Waals surface area contributed by atoms with Crippen molar-refractivity contribution in [3.05, 3.63) is 41.0 Å². The highest BCUT2D eigenvalue weighted by Gasteiger charge is 2.05. The van der Waals surface area contributed by atoms with Crippen molar-refractivity contribution < 1.29 is 0 Å². The monoisotopic (exact) mass is 276 g/mol. The number of thiazole rings is 1. The molecule has 3 rings (SSSR count). The van der Waals surface area contributed by atoms with E-state index in [0.29, 0.717) is 11.0 Å². The summed E-state index contributed by atoms with van der Waals surface area (Å²) in [5.74, 6) is 0.649. The molecule has 0 saturated heterocycles. The zero-order valence-corrected chi connectivity index (χ0v) is 11.1. The van der Waals surface area contributed by atoms with E-state index in [0.717, 1.165) is 20.9 Å². The van der Waals surface area contributed by atoms with Gasteiger partial charge in [0.25, 0.3) is 0 Å². The number of aryl methyl sites for hydroxylation is 1. The standard InChI is InChI=1S/C12H9ClN4S/c1-7-6-10(16-17-11(7)13)15-12-14-8-4-2-3-5-9(8)18-12/h2-6H,1H3,(H,14,15,16). The van der Waals surface area contributed by atoms with Crippen molar-refractivity contribution in [2.24, 2.45) is 0 Å². The summed E-state index contributed by atoms with van der Waals surface area (Å²) in [6.45, 7) is 1.89. The molecule has 0 aliphatic rings. The first-order chi connectivity index (χ1) is 8.72. The summed E-state index contributed by atoms with van der Waals surface area (Å²) in [6.07, 6.45) is 0. The first kappa shape index (κ1) is 11.4. The van der Waals surface area contributed by atoms with Gasteiger partial charge in [0.1, 0.15) is 0 Å². The Hall–Kier alpha value is -1.72. The van der Waals surface area contributed by atoms with E-state index in [1.54, 1.807) is 11.3 Å². The van der Waals surface area contributed by atoms with Crippen LogP contribution in [0.4, 0.5) is 10.9 Å². The number of para-hydroxylation sites is 1. The fourth-order valence-electron chi connectivity index (χ4n) is 1.57. The van der Waals surface area contributed by atoms with Crippen molar-refractivity contribution in [2.75, 3.05) is 5.32 Å². The van der Waals surface area contributed by atoms with Gasteiger partial charge in [0, 0.05) is 0 Å². The lowest BCUT2D eigenvalue weighted by atomic mass is 10.3. The first-order valence-corrected chi connectivity index (χ1v) is 6.54. The molecule has 0 saturated carbocycles. The van der Waals surface area contributed by atoms with Crippen molar-refractivity contribution in [2.45, 2.75) is 6.92 Å². The number of fused-ring (bicyclic) bond motifs is 1. The van der Waals surface area contributed by atoms with E-state index in [-0.39, 0.29) is 0 Å². The summed E-state index contributed by atoms with van der Waals surface area (Å²) in [6, 6.07) is 9.84. The summed E-state index contributed by atoms with van der Waals surface area (Å²) >= 11 is 7.41. The minimum atomic E-state index is 0.421. The molecule has 4 nitrogen and oxygen atoms in total. The number of hydrogen-bond donors (Lipinski definition) is 1. The Morgan fingerprint density at radius 2 is 2.06 bits per heavy atom. The molecule has 0 atom stereocenters. The highest BCUT2D eigenvalue weighted by molar-refractivity contribution is 7.22. The Bertz CT molecular complexity index is 677. The largest absolute Gasteiger partial charge is 0.315 e. The Morgan fingerprint density at radius 3 is 2.83 bits per heavy atom. The smallest absolute Gasteiger partial charge is 0.189 e. The van der Waals surface area contributed by atoms with E-state index in [1.807, 2.05) is 37.3 Å². The average Bonchev–Trinajstić information content (AvgIpc) is 2.76. The lowest BCUT2D eigenvalue weighted by Gasteiger charge is -2.01. The van der Waals surface area contributed by atoms with Gasteiger partial charge in [-0.3, -0.25) is 0 Å². The normalized spacial score (nSPS) is 10.8. The molecule has 6 heteroatoms. The van der Waals surface area contributed by atoms with Gasteiger partial charge in [-0.1, -0.05) is 35.1 Å². The quantitative estimate of drug-likeness (QED) is 0.774. The van der Waals surface area contributed by atoms with Crippen molar-refractivity contribution in [3.8, 4) is 0 Å². The summed E-state index contributed by atoms with van der Waals surface area (Å²) in [7, 11) is 0. The highest BCUT2D eigenvalue weighted by Crippen LogP contribution is 2.27. The van der Waals surface area contributed by atoms with Gasteiger partial charge in [-0.05, 0) is 30.7 Å². The van der Waals surface area contributed by atoms with Crippen LogP contribution >= 0.6 is 22.9 Å². The van der Waals surface area contributed by atoms with Crippen molar-refractivity contribution in [1.29, 1.82) is 0 Å². The predicted molar refractivity (Wildman–Crippen MR) is 74.7 cm³/mol. The molecule has 0 fully saturated rings. The molecule has 1 aromatic carbocycles. The molecule has 0 spiro atoms. The van der Waals surface area contributed by atoms with Crippen LogP contribution in [-0.4, -0.2) is 15.2 Å². The summed E-state index contributed by atoms with van der Waals surface area (Å²) in [5, 5.41) is 12.2. The van der Waals surface area contributed by atoms with Crippen molar-refractivity contribution in [1.82, 2.24) is 15.2 Å². The van der Waals surface area contributed by atoms with Crippen molar-refractivity contribution in [3.63, 3.8) is 0 Å². The maximum absolute atomic E-state index is 5.83. The van der Waals surface area contributed by atoms with E-state index in [1.165, 1.54) is 0 Å². The Labute approximate surface area is 113 Å². The van der Waals surface area contributed by atoms with Gasteiger partial charge in [0.15, 0.2) is 16.1 Å². The minimum absolute atomic E-state index is 0.421.